The first-order chi connectivity index (χ1) is 13.3. The number of aryl methyl sites for hydroxylation is 2. The second kappa shape index (κ2) is 7.05. The number of nitrogens with one attached hydrogen (secondary N) is 2. The van der Waals surface area contributed by atoms with Crippen LogP contribution in [-0.4, -0.2) is 38.5 Å². The number of urea groups is 1. The topological polar surface area (TPSA) is 104 Å². The van der Waals surface area contributed by atoms with Crippen LogP contribution in [0, 0.1) is 0 Å². The molecule has 1 heterocycles. The fourth-order valence-electron chi connectivity index (χ4n) is 3.96. The van der Waals surface area contributed by atoms with E-state index in [1.165, 1.54) is 17.3 Å². The largest absolute Gasteiger partial charge is 0.361 e. The molecule has 0 saturated carbocycles. The lowest BCUT2D eigenvalue weighted by molar-refractivity contribution is 0.256. The summed E-state index contributed by atoms with van der Waals surface area (Å²) in [6.45, 7) is 0. The predicted octanol–water partition coefficient (Wildman–Crippen LogP) is 2.03. The molecule has 0 atom stereocenters. The molecule has 0 aliphatic heterocycles. The molecule has 2 amide bonds. The Morgan fingerprint density at radius 3 is 2.18 bits per heavy atom. The molecular weight excluding hydrogens is 378 g/mol. The van der Waals surface area contributed by atoms with E-state index >= 15 is 0 Å². The Morgan fingerprint density at radius 2 is 1.64 bits per heavy atom. The lowest BCUT2D eigenvalue weighted by atomic mass is 9.99. The van der Waals surface area contributed by atoms with Crippen LogP contribution in [0.3, 0.4) is 0 Å². The number of benzene rings is 1. The molecule has 0 fully saturated rings. The Hall–Kier alpha value is -2.68. The summed E-state index contributed by atoms with van der Waals surface area (Å²) < 4.78 is 27.0. The van der Waals surface area contributed by atoms with Gasteiger partial charge in [0.25, 0.3) is 10.0 Å². The summed E-state index contributed by atoms with van der Waals surface area (Å²) in [5.41, 5.74) is 5.61. The number of sulfonamides is 1. The van der Waals surface area contributed by atoms with Crippen LogP contribution in [0.4, 0.5) is 16.3 Å². The third kappa shape index (κ3) is 3.42. The molecule has 0 saturated heterocycles. The molecule has 4 rings (SSSR count). The van der Waals surface area contributed by atoms with Crippen molar-refractivity contribution in [1.82, 2.24) is 14.7 Å². The highest BCUT2D eigenvalue weighted by Crippen LogP contribution is 2.38. The second-order valence-electron chi connectivity index (χ2n) is 7.40. The molecule has 148 valence electrons. The molecule has 9 heteroatoms. The van der Waals surface area contributed by atoms with Crippen LogP contribution in [0.5, 0.6) is 0 Å². The Labute approximate surface area is 164 Å². The summed E-state index contributed by atoms with van der Waals surface area (Å²) in [5.74, 6) is 0.527. The van der Waals surface area contributed by atoms with Gasteiger partial charge >= 0.3 is 6.03 Å². The third-order valence-corrected chi connectivity index (χ3v) is 6.50. The molecule has 0 spiro atoms. The number of carbonyl (C=O) groups excluding carboxylic acids is 1. The standard InChI is InChI=1S/C19H23N5O3S/c1-24(2)16-10-21-17(11-20-16)28(26,27)23-19(25)22-18-14-7-3-5-12(14)9-13-6-4-8-15(13)18/h9-11H,3-8H2,1-2H3,(H2,22,23,25). The zero-order chi connectivity index (χ0) is 19.9. The van der Waals surface area contributed by atoms with Crippen LogP contribution in [0.15, 0.2) is 23.5 Å². The molecule has 2 aliphatic rings. The molecule has 0 radical (unpaired) electrons. The maximum absolute atomic E-state index is 12.5. The summed E-state index contributed by atoms with van der Waals surface area (Å²) in [5, 5.41) is 2.52. The van der Waals surface area contributed by atoms with Crippen molar-refractivity contribution in [3.63, 3.8) is 0 Å². The van der Waals surface area contributed by atoms with Gasteiger partial charge in [-0.1, -0.05) is 6.07 Å². The van der Waals surface area contributed by atoms with Gasteiger partial charge in [0.1, 0.15) is 5.82 Å². The quantitative estimate of drug-likeness (QED) is 0.812. The predicted molar refractivity (Wildman–Crippen MR) is 106 cm³/mol. The van der Waals surface area contributed by atoms with Crippen LogP contribution in [0.25, 0.3) is 0 Å². The van der Waals surface area contributed by atoms with Gasteiger partial charge in [-0.2, -0.15) is 8.42 Å². The van der Waals surface area contributed by atoms with Crippen molar-refractivity contribution in [2.75, 3.05) is 24.3 Å². The van der Waals surface area contributed by atoms with Crippen molar-refractivity contribution in [1.29, 1.82) is 0 Å². The number of aromatic nitrogens is 2. The van der Waals surface area contributed by atoms with Gasteiger partial charge in [-0.3, -0.25) is 0 Å². The fourth-order valence-corrected chi connectivity index (χ4v) is 4.74. The lowest BCUT2D eigenvalue weighted by Crippen LogP contribution is -2.35. The highest BCUT2D eigenvalue weighted by molar-refractivity contribution is 7.90. The molecule has 2 aliphatic carbocycles. The number of rotatable bonds is 4. The van der Waals surface area contributed by atoms with Crippen LogP contribution < -0.4 is 14.9 Å². The number of nitrogens with zero attached hydrogens (tertiary/aromatic N) is 3. The number of anilines is 2. The Bertz CT molecular complexity index is 1000. The minimum absolute atomic E-state index is 0.295. The first-order valence-corrected chi connectivity index (χ1v) is 10.8. The summed E-state index contributed by atoms with van der Waals surface area (Å²) in [6.07, 6.45) is 8.43. The van der Waals surface area contributed by atoms with E-state index in [0.29, 0.717) is 5.82 Å². The van der Waals surface area contributed by atoms with Gasteiger partial charge in [0.05, 0.1) is 12.4 Å². The van der Waals surface area contributed by atoms with Crippen LogP contribution >= 0.6 is 0 Å². The van der Waals surface area contributed by atoms with E-state index < -0.39 is 16.1 Å². The monoisotopic (exact) mass is 401 g/mol. The molecule has 1 aromatic heterocycles. The number of hydrogen-bond acceptors (Lipinski definition) is 6. The molecule has 0 bridgehead atoms. The van der Waals surface area contributed by atoms with E-state index in [-0.39, 0.29) is 5.03 Å². The van der Waals surface area contributed by atoms with Gasteiger partial charge in [-0.15, -0.1) is 0 Å². The van der Waals surface area contributed by atoms with Crippen molar-refractivity contribution in [2.45, 2.75) is 43.6 Å². The highest BCUT2D eigenvalue weighted by atomic mass is 32.2. The van der Waals surface area contributed by atoms with Crippen molar-refractivity contribution in [3.05, 3.63) is 40.7 Å². The zero-order valence-corrected chi connectivity index (χ0v) is 16.8. The number of hydrogen-bond donors (Lipinski definition) is 2. The van der Waals surface area contributed by atoms with Gasteiger partial charge in [0.15, 0.2) is 5.03 Å². The highest BCUT2D eigenvalue weighted by Gasteiger charge is 2.26. The first-order valence-electron chi connectivity index (χ1n) is 9.35. The van der Waals surface area contributed by atoms with Crippen molar-refractivity contribution in [3.8, 4) is 0 Å². The molecule has 2 N–H and O–H groups in total. The van der Waals surface area contributed by atoms with Gasteiger partial charge in [-0.05, 0) is 60.8 Å². The average Bonchev–Trinajstić information content (AvgIpc) is 3.30. The van der Waals surface area contributed by atoms with Crippen LogP contribution in [0.1, 0.15) is 35.1 Å². The Kier molecular flexibility index (Phi) is 4.70. The lowest BCUT2D eigenvalue weighted by Gasteiger charge is -2.16. The Balaban J connectivity index is 1.55. The molecule has 0 unspecified atom stereocenters. The smallest absolute Gasteiger partial charge is 0.333 e. The normalized spacial score (nSPS) is 15.1. The van der Waals surface area contributed by atoms with Gasteiger partial charge in [0.2, 0.25) is 0 Å². The molecule has 8 nitrogen and oxygen atoms in total. The van der Waals surface area contributed by atoms with Gasteiger partial charge in [-0.25, -0.2) is 19.5 Å². The maximum atomic E-state index is 12.5. The maximum Gasteiger partial charge on any atom is 0.333 e. The average molecular weight is 401 g/mol. The van der Waals surface area contributed by atoms with E-state index in [2.05, 4.69) is 26.1 Å². The number of amides is 2. The van der Waals surface area contributed by atoms with E-state index in [1.807, 2.05) is 0 Å². The van der Waals surface area contributed by atoms with Crippen molar-refractivity contribution >= 4 is 27.6 Å². The van der Waals surface area contributed by atoms with Gasteiger partial charge < -0.3 is 10.2 Å². The van der Waals surface area contributed by atoms with E-state index in [0.717, 1.165) is 61.5 Å². The SMILES string of the molecule is CN(C)c1cnc(S(=O)(=O)NC(=O)Nc2c3c(cc4c2CCC4)CCC3)cn1. The second-order valence-corrected chi connectivity index (χ2v) is 9.03. The van der Waals surface area contributed by atoms with Gasteiger partial charge in [0, 0.05) is 19.8 Å². The van der Waals surface area contributed by atoms with E-state index in [9.17, 15) is 13.2 Å². The fraction of sp³-hybridized carbons (Fsp3) is 0.421. The minimum Gasteiger partial charge on any atom is -0.361 e. The summed E-state index contributed by atoms with van der Waals surface area (Å²) in [4.78, 5) is 22.2. The first kappa shape index (κ1) is 18.7. The van der Waals surface area contributed by atoms with E-state index in [1.54, 1.807) is 19.0 Å². The number of fused-ring (bicyclic) bond motifs is 2. The van der Waals surface area contributed by atoms with E-state index in [4.69, 9.17) is 0 Å². The molecular formula is C19H23N5O3S. The van der Waals surface area contributed by atoms with Crippen LogP contribution in [-0.2, 0) is 35.7 Å². The Morgan fingerprint density at radius 1 is 1.00 bits per heavy atom. The number of carbonyl (C=O) groups is 1. The van der Waals surface area contributed by atoms with Crippen molar-refractivity contribution < 1.29 is 13.2 Å². The molecule has 2 aromatic rings. The third-order valence-electron chi connectivity index (χ3n) is 5.29. The van der Waals surface area contributed by atoms with Crippen molar-refractivity contribution in [2.24, 2.45) is 0 Å². The summed E-state index contributed by atoms with van der Waals surface area (Å²) in [6, 6.07) is 1.49. The molecule has 28 heavy (non-hydrogen) atoms. The zero-order valence-electron chi connectivity index (χ0n) is 15.9. The molecule has 1 aromatic carbocycles. The minimum atomic E-state index is -4.10. The summed E-state index contributed by atoms with van der Waals surface area (Å²) >= 11 is 0. The summed E-state index contributed by atoms with van der Waals surface area (Å²) in [7, 11) is -0.548. The van der Waals surface area contributed by atoms with Crippen LogP contribution in [0.2, 0.25) is 0 Å².